The molecule has 0 amide bonds. The molecule has 1 aliphatic heterocycles. The Kier molecular flexibility index (Phi) is 2.65. The van der Waals surface area contributed by atoms with Crippen molar-refractivity contribution in [2.75, 3.05) is 13.7 Å². The second kappa shape index (κ2) is 3.53. The van der Waals surface area contributed by atoms with Gasteiger partial charge in [0.1, 0.15) is 0 Å². The molecule has 3 heteroatoms. The van der Waals surface area contributed by atoms with E-state index in [1.54, 1.807) is 0 Å². The molecule has 11 heavy (non-hydrogen) atoms. The lowest BCUT2D eigenvalue weighted by atomic mass is 10.1. The zero-order valence-electron chi connectivity index (χ0n) is 6.89. The molecule has 0 bridgehead atoms. The highest BCUT2D eigenvalue weighted by atomic mass is 16.5. The molecule has 0 spiro atoms. The van der Waals surface area contributed by atoms with Crippen molar-refractivity contribution in [2.24, 2.45) is 0 Å². The van der Waals surface area contributed by atoms with Crippen LogP contribution in [0.2, 0.25) is 0 Å². The summed E-state index contributed by atoms with van der Waals surface area (Å²) in [7, 11) is 1.41. The van der Waals surface area contributed by atoms with Crippen molar-refractivity contribution < 1.29 is 9.53 Å². The molecule has 62 valence electrons. The first-order valence-corrected chi connectivity index (χ1v) is 3.76. The third-order valence-corrected chi connectivity index (χ3v) is 1.76. The van der Waals surface area contributed by atoms with E-state index in [2.05, 4.69) is 10.1 Å². The predicted octanol–water partition coefficient (Wildman–Crippen LogP) is 0.468. The van der Waals surface area contributed by atoms with Crippen LogP contribution < -0.4 is 5.32 Å². The van der Waals surface area contributed by atoms with Gasteiger partial charge in [-0.15, -0.1) is 0 Å². The smallest absolute Gasteiger partial charge is 0.333 e. The van der Waals surface area contributed by atoms with Crippen LogP contribution in [0.3, 0.4) is 0 Å². The Balaban J connectivity index is 2.63. The van der Waals surface area contributed by atoms with Gasteiger partial charge in [-0.05, 0) is 19.9 Å². The van der Waals surface area contributed by atoms with E-state index in [-0.39, 0.29) is 12.0 Å². The Morgan fingerprint density at radius 3 is 3.09 bits per heavy atom. The molecule has 0 aromatic heterocycles. The first kappa shape index (κ1) is 8.27. The summed E-state index contributed by atoms with van der Waals surface area (Å²) < 4.78 is 4.60. The van der Waals surface area contributed by atoms with Crippen LogP contribution in [0.15, 0.2) is 11.6 Å². The number of rotatable bonds is 1. The highest BCUT2D eigenvalue weighted by molar-refractivity contribution is 5.88. The summed E-state index contributed by atoms with van der Waals surface area (Å²) in [5, 5.41) is 3.21. The van der Waals surface area contributed by atoms with Crippen molar-refractivity contribution >= 4 is 5.97 Å². The second-order valence-corrected chi connectivity index (χ2v) is 2.68. The van der Waals surface area contributed by atoms with Gasteiger partial charge >= 0.3 is 5.97 Å². The molecule has 0 radical (unpaired) electrons. The van der Waals surface area contributed by atoms with E-state index in [1.807, 2.05) is 13.0 Å². The van der Waals surface area contributed by atoms with Crippen LogP contribution in [0.25, 0.3) is 0 Å². The van der Waals surface area contributed by atoms with Crippen LogP contribution in [-0.4, -0.2) is 25.7 Å². The number of esters is 1. The van der Waals surface area contributed by atoms with Gasteiger partial charge in [0.25, 0.3) is 0 Å². The van der Waals surface area contributed by atoms with Crippen LogP contribution in [0.4, 0.5) is 0 Å². The molecule has 1 N–H and O–H groups in total. The molecule has 0 fully saturated rings. The van der Waals surface area contributed by atoms with Crippen molar-refractivity contribution in [1.29, 1.82) is 0 Å². The Hall–Kier alpha value is -0.830. The maximum absolute atomic E-state index is 11.0. The third-order valence-electron chi connectivity index (χ3n) is 1.76. The average molecular weight is 155 g/mol. The number of hydrogen-bond acceptors (Lipinski definition) is 3. The van der Waals surface area contributed by atoms with E-state index in [9.17, 15) is 4.79 Å². The largest absolute Gasteiger partial charge is 0.466 e. The summed E-state index contributed by atoms with van der Waals surface area (Å²) in [4.78, 5) is 11.0. The number of hydrogen-bond donors (Lipinski definition) is 1. The van der Waals surface area contributed by atoms with Gasteiger partial charge in [0.15, 0.2) is 0 Å². The number of ether oxygens (including phenoxy) is 1. The molecule has 0 aliphatic carbocycles. The van der Waals surface area contributed by atoms with Crippen LogP contribution >= 0.6 is 0 Å². The standard InChI is InChI=1S/C8H13NO2/c1-6-5-7(3-4-9-6)8(10)11-2/h5-6,9H,3-4H2,1-2H3. The lowest BCUT2D eigenvalue weighted by Gasteiger charge is -2.17. The van der Waals surface area contributed by atoms with E-state index in [1.165, 1.54) is 7.11 Å². The molecule has 1 aliphatic rings. The van der Waals surface area contributed by atoms with Gasteiger partial charge in [0.2, 0.25) is 0 Å². The molecular weight excluding hydrogens is 142 g/mol. The maximum Gasteiger partial charge on any atom is 0.333 e. The summed E-state index contributed by atoms with van der Waals surface area (Å²) in [5.74, 6) is -0.196. The zero-order chi connectivity index (χ0) is 8.27. The van der Waals surface area contributed by atoms with Crippen molar-refractivity contribution in [3.8, 4) is 0 Å². The van der Waals surface area contributed by atoms with Crippen LogP contribution in [0.5, 0.6) is 0 Å². The summed E-state index contributed by atoms with van der Waals surface area (Å²) in [6, 6.07) is 0.290. The summed E-state index contributed by atoms with van der Waals surface area (Å²) >= 11 is 0. The Morgan fingerprint density at radius 2 is 2.55 bits per heavy atom. The number of carbonyl (C=O) groups is 1. The molecule has 1 atom stereocenters. The van der Waals surface area contributed by atoms with Crippen LogP contribution in [0, 0.1) is 0 Å². The van der Waals surface area contributed by atoms with Crippen molar-refractivity contribution in [3.63, 3.8) is 0 Å². The molecule has 3 nitrogen and oxygen atoms in total. The van der Waals surface area contributed by atoms with E-state index in [0.717, 1.165) is 18.5 Å². The Labute approximate surface area is 66.4 Å². The molecule has 1 rings (SSSR count). The lowest BCUT2D eigenvalue weighted by Crippen LogP contribution is -2.31. The lowest BCUT2D eigenvalue weighted by molar-refractivity contribution is -0.136. The highest BCUT2D eigenvalue weighted by Crippen LogP contribution is 2.09. The normalized spacial score (nSPS) is 24.2. The zero-order valence-corrected chi connectivity index (χ0v) is 6.89. The van der Waals surface area contributed by atoms with E-state index in [4.69, 9.17) is 0 Å². The van der Waals surface area contributed by atoms with E-state index >= 15 is 0 Å². The second-order valence-electron chi connectivity index (χ2n) is 2.68. The van der Waals surface area contributed by atoms with Gasteiger partial charge in [0.05, 0.1) is 7.11 Å². The molecule has 1 heterocycles. The number of methoxy groups -OCH3 is 1. The third kappa shape index (κ3) is 2.05. The SMILES string of the molecule is COC(=O)C1=CC(C)NCC1. The average Bonchev–Trinajstić information content (AvgIpc) is 2.03. The van der Waals surface area contributed by atoms with Crippen molar-refractivity contribution in [3.05, 3.63) is 11.6 Å². The molecule has 0 aromatic carbocycles. The van der Waals surface area contributed by atoms with Gasteiger partial charge in [0, 0.05) is 11.6 Å². The molecule has 0 saturated heterocycles. The minimum atomic E-state index is -0.196. The number of carbonyl (C=O) groups excluding carboxylic acids is 1. The first-order chi connectivity index (χ1) is 5.24. The minimum Gasteiger partial charge on any atom is -0.466 e. The van der Waals surface area contributed by atoms with Crippen LogP contribution in [0.1, 0.15) is 13.3 Å². The summed E-state index contributed by atoms with van der Waals surface area (Å²) in [6.45, 7) is 2.88. The van der Waals surface area contributed by atoms with Gasteiger partial charge in [-0.25, -0.2) is 4.79 Å². The van der Waals surface area contributed by atoms with E-state index in [0.29, 0.717) is 0 Å². The predicted molar refractivity (Wildman–Crippen MR) is 42.2 cm³/mol. The molecular formula is C8H13NO2. The Morgan fingerprint density at radius 1 is 1.82 bits per heavy atom. The van der Waals surface area contributed by atoms with Crippen molar-refractivity contribution in [1.82, 2.24) is 5.32 Å². The summed E-state index contributed by atoms with van der Waals surface area (Å²) in [6.07, 6.45) is 2.69. The fraction of sp³-hybridized carbons (Fsp3) is 0.625. The topological polar surface area (TPSA) is 38.3 Å². The van der Waals surface area contributed by atoms with Crippen molar-refractivity contribution in [2.45, 2.75) is 19.4 Å². The fourth-order valence-electron chi connectivity index (χ4n) is 1.18. The fourth-order valence-corrected chi connectivity index (χ4v) is 1.18. The summed E-state index contributed by atoms with van der Waals surface area (Å²) in [5.41, 5.74) is 0.791. The van der Waals surface area contributed by atoms with E-state index < -0.39 is 0 Å². The van der Waals surface area contributed by atoms with Gasteiger partial charge in [-0.3, -0.25) is 0 Å². The van der Waals surface area contributed by atoms with Gasteiger partial charge in [-0.1, -0.05) is 6.08 Å². The first-order valence-electron chi connectivity index (χ1n) is 3.76. The number of nitrogens with one attached hydrogen (secondary N) is 1. The monoisotopic (exact) mass is 155 g/mol. The minimum absolute atomic E-state index is 0.196. The molecule has 1 unspecified atom stereocenters. The quantitative estimate of drug-likeness (QED) is 0.559. The van der Waals surface area contributed by atoms with Gasteiger partial charge in [-0.2, -0.15) is 0 Å². The van der Waals surface area contributed by atoms with Crippen LogP contribution in [-0.2, 0) is 9.53 Å². The van der Waals surface area contributed by atoms with Gasteiger partial charge < -0.3 is 10.1 Å². The molecule has 0 saturated carbocycles. The molecule has 0 aromatic rings. The maximum atomic E-state index is 11.0. The highest BCUT2D eigenvalue weighted by Gasteiger charge is 2.14. The Bertz CT molecular complexity index is 187.